The van der Waals surface area contributed by atoms with Crippen LogP contribution in [0.3, 0.4) is 0 Å². The third-order valence-electron chi connectivity index (χ3n) is 10.2. The molecule has 4 aliphatic rings. The van der Waals surface area contributed by atoms with Gasteiger partial charge in [-0.25, -0.2) is 0 Å². The zero-order valence-corrected chi connectivity index (χ0v) is 19.5. The highest BCUT2D eigenvalue weighted by molar-refractivity contribution is 5.87. The maximum absolute atomic E-state index is 3.56. The summed E-state index contributed by atoms with van der Waals surface area (Å²) in [6.07, 6.45) is 14.6. The number of hydrogen-bond acceptors (Lipinski definition) is 1. The number of hydrogen-bond donors (Lipinski definition) is 1. The molecule has 2 fully saturated rings. The van der Waals surface area contributed by atoms with E-state index in [2.05, 4.69) is 80.8 Å². The van der Waals surface area contributed by atoms with Gasteiger partial charge in [0.25, 0.3) is 0 Å². The third-order valence-corrected chi connectivity index (χ3v) is 10.2. The van der Waals surface area contributed by atoms with Gasteiger partial charge in [0.2, 0.25) is 0 Å². The van der Waals surface area contributed by atoms with E-state index in [0.717, 1.165) is 17.8 Å². The predicted molar refractivity (Wildman–Crippen MR) is 132 cm³/mol. The average molecular weight is 412 g/mol. The summed E-state index contributed by atoms with van der Waals surface area (Å²) in [4.78, 5) is 0. The van der Waals surface area contributed by atoms with Crippen LogP contribution >= 0.6 is 0 Å². The van der Waals surface area contributed by atoms with Crippen molar-refractivity contribution >= 4 is 16.3 Å². The fraction of sp³-hybridized carbons (Fsp3) is 0.533. The molecule has 1 heteroatoms. The SMILES string of the molecule is CN[C@@H]1CC[C@@]2(C)C(=CC[C@@H]3[C@@H]2CC[C@]2(C)C(c4ccc5ccccc5c4)=CC[C@@H]32)C1. The van der Waals surface area contributed by atoms with Gasteiger partial charge in [0.15, 0.2) is 0 Å². The van der Waals surface area contributed by atoms with E-state index in [9.17, 15) is 0 Å². The van der Waals surface area contributed by atoms with Crippen molar-refractivity contribution in [2.45, 2.75) is 64.8 Å². The number of benzene rings is 2. The summed E-state index contributed by atoms with van der Waals surface area (Å²) in [5.41, 5.74) is 5.68. The molecular formula is C30H37N. The van der Waals surface area contributed by atoms with Crippen LogP contribution in [-0.2, 0) is 0 Å². The Bertz CT molecular complexity index is 1080. The van der Waals surface area contributed by atoms with Crippen molar-refractivity contribution in [3.8, 4) is 0 Å². The highest BCUT2D eigenvalue weighted by Crippen LogP contribution is 2.66. The Morgan fingerprint density at radius 1 is 0.839 bits per heavy atom. The van der Waals surface area contributed by atoms with Crippen LogP contribution in [0.15, 0.2) is 60.2 Å². The number of nitrogens with one attached hydrogen (secondary N) is 1. The Morgan fingerprint density at radius 2 is 1.65 bits per heavy atom. The Labute approximate surface area is 188 Å². The number of rotatable bonds is 2. The normalized spacial score (nSPS) is 39.3. The predicted octanol–water partition coefficient (Wildman–Crippen LogP) is 7.38. The molecule has 2 aromatic rings. The van der Waals surface area contributed by atoms with E-state index in [4.69, 9.17) is 0 Å². The van der Waals surface area contributed by atoms with Crippen LogP contribution in [0.1, 0.15) is 64.4 Å². The standard InChI is InChI=1S/C30H37N/c1-29-16-14-24(31-3)19-23(29)10-11-25-27-13-12-26(30(27,2)17-15-28(25)29)22-9-8-20-6-4-5-7-21(20)18-22/h4-10,12,18,24-25,27-28,31H,11,13-17,19H2,1-3H3/t24-,25+,27+,28+,29+,30-/m1/s1. The molecule has 0 aromatic heterocycles. The van der Waals surface area contributed by atoms with Gasteiger partial charge in [0, 0.05) is 6.04 Å². The van der Waals surface area contributed by atoms with Gasteiger partial charge >= 0.3 is 0 Å². The van der Waals surface area contributed by atoms with E-state index in [0.29, 0.717) is 16.9 Å². The molecule has 0 bridgehead atoms. The zero-order valence-electron chi connectivity index (χ0n) is 19.5. The third kappa shape index (κ3) is 2.85. The summed E-state index contributed by atoms with van der Waals surface area (Å²) in [7, 11) is 2.14. The van der Waals surface area contributed by atoms with Crippen molar-refractivity contribution in [3.05, 3.63) is 65.8 Å². The van der Waals surface area contributed by atoms with Crippen LogP contribution in [0.25, 0.3) is 16.3 Å². The first-order chi connectivity index (χ1) is 15.0. The van der Waals surface area contributed by atoms with Crippen LogP contribution in [0.4, 0.5) is 0 Å². The Balaban J connectivity index is 1.32. The van der Waals surface area contributed by atoms with Gasteiger partial charge in [-0.1, -0.05) is 68.0 Å². The van der Waals surface area contributed by atoms with Crippen LogP contribution in [0.5, 0.6) is 0 Å². The Hall–Kier alpha value is -1.86. The van der Waals surface area contributed by atoms with Gasteiger partial charge in [-0.3, -0.25) is 0 Å². The molecule has 2 saturated carbocycles. The largest absolute Gasteiger partial charge is 0.317 e. The molecule has 6 atom stereocenters. The fourth-order valence-electron chi connectivity index (χ4n) is 8.28. The number of fused-ring (bicyclic) bond motifs is 6. The Morgan fingerprint density at radius 3 is 2.48 bits per heavy atom. The van der Waals surface area contributed by atoms with E-state index in [1.807, 2.05) is 0 Å². The fourth-order valence-corrected chi connectivity index (χ4v) is 8.28. The molecular weight excluding hydrogens is 374 g/mol. The summed E-state index contributed by atoms with van der Waals surface area (Å²) in [5.74, 6) is 2.55. The van der Waals surface area contributed by atoms with Gasteiger partial charge < -0.3 is 5.32 Å². The van der Waals surface area contributed by atoms with Crippen molar-refractivity contribution in [2.75, 3.05) is 7.05 Å². The van der Waals surface area contributed by atoms with Gasteiger partial charge in [-0.05, 0) is 109 Å². The molecule has 0 saturated heterocycles. The molecule has 0 amide bonds. The molecule has 162 valence electrons. The van der Waals surface area contributed by atoms with Gasteiger partial charge in [-0.2, -0.15) is 0 Å². The summed E-state index contributed by atoms with van der Waals surface area (Å²) in [6.45, 7) is 5.22. The summed E-state index contributed by atoms with van der Waals surface area (Å²) >= 11 is 0. The second kappa shape index (κ2) is 7.07. The van der Waals surface area contributed by atoms with Crippen LogP contribution < -0.4 is 5.32 Å². The molecule has 0 radical (unpaired) electrons. The van der Waals surface area contributed by atoms with Gasteiger partial charge in [0.05, 0.1) is 0 Å². The lowest BCUT2D eigenvalue weighted by Crippen LogP contribution is -2.50. The minimum absolute atomic E-state index is 0.341. The average Bonchev–Trinajstić information content (AvgIpc) is 3.15. The summed E-state index contributed by atoms with van der Waals surface area (Å²) in [5, 5.41) is 6.28. The van der Waals surface area contributed by atoms with Gasteiger partial charge in [-0.15, -0.1) is 0 Å². The lowest BCUT2D eigenvalue weighted by Gasteiger charge is -2.58. The van der Waals surface area contributed by atoms with E-state index < -0.39 is 0 Å². The smallest absolute Gasteiger partial charge is 0.0102 e. The molecule has 0 aliphatic heterocycles. The minimum Gasteiger partial charge on any atom is -0.317 e. The summed E-state index contributed by atoms with van der Waals surface area (Å²) in [6, 6.07) is 16.6. The maximum Gasteiger partial charge on any atom is 0.0102 e. The summed E-state index contributed by atoms with van der Waals surface area (Å²) < 4.78 is 0. The van der Waals surface area contributed by atoms with Crippen LogP contribution in [-0.4, -0.2) is 13.1 Å². The van der Waals surface area contributed by atoms with Crippen molar-refractivity contribution in [3.63, 3.8) is 0 Å². The zero-order chi connectivity index (χ0) is 21.2. The minimum atomic E-state index is 0.341. The topological polar surface area (TPSA) is 12.0 Å². The lowest BCUT2D eigenvalue weighted by molar-refractivity contribution is -0.0122. The number of allylic oxidation sites excluding steroid dienone is 3. The second-order valence-corrected chi connectivity index (χ2v) is 11.4. The Kier molecular flexibility index (Phi) is 4.52. The van der Waals surface area contributed by atoms with E-state index in [1.165, 1.54) is 61.3 Å². The molecule has 2 aromatic carbocycles. The van der Waals surface area contributed by atoms with Crippen molar-refractivity contribution in [1.82, 2.24) is 5.32 Å². The highest BCUT2D eigenvalue weighted by atomic mass is 14.9. The van der Waals surface area contributed by atoms with E-state index in [1.54, 1.807) is 11.1 Å². The monoisotopic (exact) mass is 411 g/mol. The lowest BCUT2D eigenvalue weighted by atomic mass is 9.47. The molecule has 1 N–H and O–H groups in total. The molecule has 4 aliphatic carbocycles. The van der Waals surface area contributed by atoms with Crippen molar-refractivity contribution in [1.29, 1.82) is 0 Å². The maximum atomic E-state index is 3.56. The molecule has 0 unspecified atom stereocenters. The molecule has 0 spiro atoms. The van der Waals surface area contributed by atoms with Gasteiger partial charge in [0.1, 0.15) is 0 Å². The highest BCUT2D eigenvalue weighted by Gasteiger charge is 2.56. The van der Waals surface area contributed by atoms with Crippen LogP contribution in [0, 0.1) is 28.6 Å². The molecule has 6 rings (SSSR count). The first-order valence-corrected chi connectivity index (χ1v) is 12.6. The van der Waals surface area contributed by atoms with Crippen molar-refractivity contribution < 1.29 is 0 Å². The first kappa shape index (κ1) is 19.8. The molecule has 1 nitrogen and oxygen atoms in total. The quantitative estimate of drug-likeness (QED) is 0.508. The first-order valence-electron chi connectivity index (χ1n) is 12.6. The van der Waals surface area contributed by atoms with E-state index in [-0.39, 0.29) is 0 Å². The van der Waals surface area contributed by atoms with Crippen LogP contribution in [0.2, 0.25) is 0 Å². The van der Waals surface area contributed by atoms with E-state index >= 15 is 0 Å². The molecule has 0 heterocycles. The van der Waals surface area contributed by atoms with Crippen molar-refractivity contribution in [2.24, 2.45) is 28.6 Å². The molecule has 31 heavy (non-hydrogen) atoms. The second-order valence-electron chi connectivity index (χ2n) is 11.4.